The standard InChI is InChI=1S/C12H18F3N7/c1-2-21(6-12(13,14)15)4-3-5-22-7-18-8-9(16)19-11(17)20-10(8)22/h7H,2-6H2,1H3,(H4,16,17,19,20). The number of aryl methyl sites for hydroxylation is 1. The first kappa shape index (κ1) is 16.3. The zero-order valence-corrected chi connectivity index (χ0v) is 12.1. The van der Waals surface area contributed by atoms with Gasteiger partial charge in [0.05, 0.1) is 12.9 Å². The van der Waals surface area contributed by atoms with Crippen LogP contribution in [0.3, 0.4) is 0 Å². The third-order valence-corrected chi connectivity index (χ3v) is 3.23. The molecule has 7 nitrogen and oxygen atoms in total. The van der Waals surface area contributed by atoms with Crippen LogP contribution in [0.15, 0.2) is 6.33 Å². The highest BCUT2D eigenvalue weighted by molar-refractivity contribution is 5.82. The Bertz CT molecular complexity index is 637. The van der Waals surface area contributed by atoms with Crippen molar-refractivity contribution in [3.05, 3.63) is 6.33 Å². The number of imidazole rings is 1. The van der Waals surface area contributed by atoms with Gasteiger partial charge in [0.25, 0.3) is 0 Å². The van der Waals surface area contributed by atoms with E-state index in [2.05, 4.69) is 15.0 Å². The molecule has 2 rings (SSSR count). The number of alkyl halides is 3. The highest BCUT2D eigenvalue weighted by Crippen LogP contribution is 2.18. The van der Waals surface area contributed by atoms with E-state index in [4.69, 9.17) is 11.5 Å². The molecule has 2 aromatic heterocycles. The van der Waals surface area contributed by atoms with Gasteiger partial charge >= 0.3 is 6.18 Å². The summed E-state index contributed by atoms with van der Waals surface area (Å²) in [6.45, 7) is 1.93. The molecule has 0 fully saturated rings. The van der Waals surface area contributed by atoms with Crippen LogP contribution in [-0.2, 0) is 6.54 Å². The third-order valence-electron chi connectivity index (χ3n) is 3.23. The van der Waals surface area contributed by atoms with Crippen LogP contribution in [0.2, 0.25) is 0 Å². The highest BCUT2D eigenvalue weighted by atomic mass is 19.4. The molecule has 0 bridgehead atoms. The second kappa shape index (κ2) is 6.34. The second-order valence-electron chi connectivity index (χ2n) is 4.91. The number of hydrogen-bond acceptors (Lipinski definition) is 6. The fourth-order valence-corrected chi connectivity index (χ4v) is 2.21. The lowest BCUT2D eigenvalue weighted by atomic mass is 10.3. The van der Waals surface area contributed by atoms with E-state index in [1.165, 1.54) is 11.2 Å². The van der Waals surface area contributed by atoms with Crippen LogP contribution < -0.4 is 11.5 Å². The van der Waals surface area contributed by atoms with Crippen molar-refractivity contribution in [2.24, 2.45) is 0 Å². The van der Waals surface area contributed by atoms with E-state index in [0.717, 1.165) is 0 Å². The fourth-order valence-electron chi connectivity index (χ4n) is 2.21. The van der Waals surface area contributed by atoms with Gasteiger partial charge in [0.1, 0.15) is 5.52 Å². The first-order valence-corrected chi connectivity index (χ1v) is 6.83. The predicted octanol–water partition coefficient (Wildman–Crippen LogP) is 1.27. The lowest BCUT2D eigenvalue weighted by Crippen LogP contribution is -2.35. The molecule has 22 heavy (non-hydrogen) atoms. The first-order chi connectivity index (χ1) is 10.3. The molecule has 0 aliphatic heterocycles. The molecule has 0 spiro atoms. The Labute approximate surface area is 125 Å². The van der Waals surface area contributed by atoms with Crippen molar-refractivity contribution in [3.63, 3.8) is 0 Å². The van der Waals surface area contributed by atoms with Crippen LogP contribution in [0.4, 0.5) is 24.9 Å². The summed E-state index contributed by atoms with van der Waals surface area (Å²) < 4.78 is 38.9. The van der Waals surface area contributed by atoms with Crippen LogP contribution in [0.5, 0.6) is 0 Å². The largest absolute Gasteiger partial charge is 0.401 e. The molecular formula is C12H18F3N7. The minimum absolute atomic E-state index is 0.0407. The Kier molecular flexibility index (Phi) is 4.69. The molecule has 10 heteroatoms. The molecule has 0 aromatic carbocycles. The Morgan fingerprint density at radius 1 is 1.27 bits per heavy atom. The number of hydrogen-bond donors (Lipinski definition) is 2. The third kappa shape index (κ3) is 3.97. The van der Waals surface area contributed by atoms with Crippen molar-refractivity contribution >= 4 is 22.9 Å². The van der Waals surface area contributed by atoms with Crippen molar-refractivity contribution < 1.29 is 13.2 Å². The van der Waals surface area contributed by atoms with Gasteiger partial charge in [-0.3, -0.25) is 4.90 Å². The summed E-state index contributed by atoms with van der Waals surface area (Å²) >= 11 is 0. The van der Waals surface area contributed by atoms with Gasteiger partial charge < -0.3 is 16.0 Å². The Hall–Kier alpha value is -2.10. The first-order valence-electron chi connectivity index (χ1n) is 6.83. The lowest BCUT2D eigenvalue weighted by molar-refractivity contribution is -0.145. The molecule has 4 N–H and O–H groups in total. The maximum atomic E-state index is 12.4. The van der Waals surface area contributed by atoms with Crippen molar-refractivity contribution in [3.8, 4) is 0 Å². The number of nitrogens with two attached hydrogens (primary N) is 2. The van der Waals surface area contributed by atoms with Crippen molar-refractivity contribution in [1.82, 2.24) is 24.4 Å². The molecule has 2 aromatic rings. The molecule has 0 saturated heterocycles. The smallest absolute Gasteiger partial charge is 0.382 e. The van der Waals surface area contributed by atoms with Crippen molar-refractivity contribution in [2.45, 2.75) is 26.1 Å². The summed E-state index contributed by atoms with van der Waals surface area (Å²) in [7, 11) is 0. The van der Waals surface area contributed by atoms with E-state index in [9.17, 15) is 13.2 Å². The molecule has 0 amide bonds. The van der Waals surface area contributed by atoms with E-state index >= 15 is 0 Å². The number of fused-ring (bicyclic) bond motifs is 1. The maximum Gasteiger partial charge on any atom is 0.401 e. The second-order valence-corrected chi connectivity index (χ2v) is 4.91. The lowest BCUT2D eigenvalue weighted by Gasteiger charge is -2.21. The van der Waals surface area contributed by atoms with Crippen molar-refractivity contribution in [1.29, 1.82) is 0 Å². The van der Waals surface area contributed by atoms with Crippen LogP contribution in [0, 0.1) is 0 Å². The summed E-state index contributed by atoms with van der Waals surface area (Å²) in [5.41, 5.74) is 12.2. The van der Waals surface area contributed by atoms with Gasteiger partial charge in [0.15, 0.2) is 11.5 Å². The minimum Gasteiger partial charge on any atom is -0.382 e. The van der Waals surface area contributed by atoms with Gasteiger partial charge in [-0.05, 0) is 13.0 Å². The number of aromatic nitrogens is 4. The van der Waals surface area contributed by atoms with Gasteiger partial charge in [0.2, 0.25) is 5.95 Å². The van der Waals surface area contributed by atoms with E-state index < -0.39 is 12.7 Å². The maximum absolute atomic E-state index is 12.4. The molecule has 0 unspecified atom stereocenters. The molecular weight excluding hydrogens is 299 g/mol. The number of anilines is 2. The average Bonchev–Trinajstić information content (AvgIpc) is 2.79. The summed E-state index contributed by atoms with van der Waals surface area (Å²) in [5.74, 6) is 0.229. The molecule has 2 heterocycles. The molecule has 0 atom stereocenters. The fraction of sp³-hybridized carbons (Fsp3) is 0.583. The minimum atomic E-state index is -4.19. The molecule has 122 valence electrons. The zero-order chi connectivity index (χ0) is 16.3. The van der Waals surface area contributed by atoms with Crippen LogP contribution >= 0.6 is 0 Å². The number of rotatable bonds is 6. The van der Waals surface area contributed by atoms with Gasteiger partial charge in [-0.1, -0.05) is 6.92 Å². The van der Waals surface area contributed by atoms with E-state index in [-0.39, 0.29) is 11.8 Å². The zero-order valence-electron chi connectivity index (χ0n) is 12.1. The molecule has 0 aliphatic rings. The normalized spacial score (nSPS) is 12.4. The van der Waals surface area contributed by atoms with Crippen LogP contribution in [0.25, 0.3) is 11.2 Å². The van der Waals surface area contributed by atoms with Gasteiger partial charge in [-0.25, -0.2) is 4.98 Å². The van der Waals surface area contributed by atoms with Gasteiger partial charge in [0, 0.05) is 13.1 Å². The molecule has 0 radical (unpaired) electrons. The molecule has 0 aliphatic carbocycles. The predicted molar refractivity (Wildman–Crippen MR) is 76.9 cm³/mol. The number of nitrogens with zero attached hydrogens (tertiary/aromatic N) is 5. The Morgan fingerprint density at radius 3 is 2.64 bits per heavy atom. The number of halogens is 3. The number of nitrogen functional groups attached to an aromatic ring is 2. The highest BCUT2D eigenvalue weighted by Gasteiger charge is 2.29. The summed E-state index contributed by atoms with van der Waals surface area (Å²) in [5, 5.41) is 0. The summed E-state index contributed by atoms with van der Waals surface area (Å²) in [6, 6.07) is 0. The Balaban J connectivity index is 2.00. The van der Waals surface area contributed by atoms with E-state index in [1.807, 2.05) is 0 Å². The van der Waals surface area contributed by atoms with Gasteiger partial charge in [-0.2, -0.15) is 23.1 Å². The molecule has 0 saturated carbocycles. The monoisotopic (exact) mass is 317 g/mol. The van der Waals surface area contributed by atoms with E-state index in [0.29, 0.717) is 37.2 Å². The Morgan fingerprint density at radius 2 is 2.00 bits per heavy atom. The quantitative estimate of drug-likeness (QED) is 0.832. The summed E-state index contributed by atoms with van der Waals surface area (Å²) in [6.07, 6.45) is -2.12. The summed E-state index contributed by atoms with van der Waals surface area (Å²) in [4.78, 5) is 13.3. The SMILES string of the molecule is CCN(CCCn1cnc2c(N)nc(N)nc21)CC(F)(F)F. The average molecular weight is 317 g/mol. The van der Waals surface area contributed by atoms with Gasteiger partial charge in [-0.15, -0.1) is 0 Å². The van der Waals surface area contributed by atoms with Crippen LogP contribution in [-0.4, -0.2) is 50.2 Å². The van der Waals surface area contributed by atoms with Crippen molar-refractivity contribution in [2.75, 3.05) is 31.1 Å². The topological polar surface area (TPSA) is 98.9 Å². The van der Waals surface area contributed by atoms with Crippen LogP contribution in [0.1, 0.15) is 13.3 Å². The van der Waals surface area contributed by atoms with E-state index in [1.54, 1.807) is 11.5 Å².